The van der Waals surface area contributed by atoms with E-state index >= 15 is 0 Å². The minimum atomic E-state index is -0.135. The molecule has 2 aromatic carbocycles. The Bertz CT molecular complexity index is 964. The molecule has 1 aliphatic rings. The van der Waals surface area contributed by atoms with Crippen LogP contribution in [0.3, 0.4) is 0 Å². The third-order valence-electron chi connectivity index (χ3n) is 5.09. The van der Waals surface area contributed by atoms with Crippen molar-refractivity contribution in [1.82, 2.24) is 19.9 Å². The summed E-state index contributed by atoms with van der Waals surface area (Å²) < 4.78 is 1.75. The Morgan fingerprint density at radius 3 is 2.81 bits per heavy atom. The predicted molar refractivity (Wildman–Crippen MR) is 105 cm³/mol. The van der Waals surface area contributed by atoms with Crippen molar-refractivity contribution in [1.29, 1.82) is 0 Å². The number of nitrogens with zero attached hydrogens (tertiary/aromatic N) is 4. The van der Waals surface area contributed by atoms with Crippen LogP contribution in [0.1, 0.15) is 34.0 Å². The molecule has 6 nitrogen and oxygen atoms in total. The number of hydrogen-bond acceptors (Lipinski definition) is 4. The fraction of sp³-hybridized carbons (Fsp3) is 0.286. The van der Waals surface area contributed by atoms with Gasteiger partial charge >= 0.3 is 0 Å². The monoisotopic (exact) mass is 361 g/mol. The molecular formula is C21H23N5O. The highest BCUT2D eigenvalue weighted by Gasteiger charge is 2.23. The van der Waals surface area contributed by atoms with Crippen molar-refractivity contribution in [2.75, 3.05) is 25.5 Å². The minimum Gasteiger partial charge on any atom is -0.322 e. The van der Waals surface area contributed by atoms with E-state index in [0.29, 0.717) is 11.5 Å². The van der Waals surface area contributed by atoms with Gasteiger partial charge in [-0.15, -0.1) is 5.10 Å². The number of hydrogen-bond donors (Lipinski definition) is 1. The zero-order valence-corrected chi connectivity index (χ0v) is 15.6. The molecule has 1 fully saturated rings. The van der Waals surface area contributed by atoms with Gasteiger partial charge < -0.3 is 10.2 Å². The lowest BCUT2D eigenvalue weighted by molar-refractivity contribution is 0.102. The van der Waals surface area contributed by atoms with Crippen LogP contribution in [0.2, 0.25) is 0 Å². The van der Waals surface area contributed by atoms with E-state index in [4.69, 9.17) is 0 Å². The highest BCUT2D eigenvalue weighted by molar-refractivity contribution is 6.04. The minimum absolute atomic E-state index is 0.135. The third kappa shape index (κ3) is 3.75. The Kier molecular flexibility index (Phi) is 4.73. The number of para-hydroxylation sites is 1. The van der Waals surface area contributed by atoms with Crippen molar-refractivity contribution >= 4 is 11.6 Å². The van der Waals surface area contributed by atoms with Crippen molar-refractivity contribution in [3.05, 3.63) is 71.5 Å². The lowest BCUT2D eigenvalue weighted by atomic mass is 10.1. The van der Waals surface area contributed by atoms with E-state index in [2.05, 4.69) is 27.6 Å². The number of aromatic nitrogens is 3. The van der Waals surface area contributed by atoms with Crippen LogP contribution in [0, 0.1) is 6.92 Å². The van der Waals surface area contributed by atoms with E-state index in [1.165, 1.54) is 0 Å². The first-order valence-corrected chi connectivity index (χ1v) is 9.18. The molecule has 1 N–H and O–H groups in total. The molecule has 0 bridgehead atoms. The van der Waals surface area contributed by atoms with E-state index in [1.807, 2.05) is 55.6 Å². The molecule has 4 rings (SSSR count). The normalized spacial score (nSPS) is 17.2. The first-order chi connectivity index (χ1) is 13.1. The summed E-state index contributed by atoms with van der Waals surface area (Å²) in [5.74, 6) is 0.292. The second-order valence-electron chi connectivity index (χ2n) is 7.16. The van der Waals surface area contributed by atoms with Gasteiger partial charge in [-0.25, -0.2) is 4.68 Å². The summed E-state index contributed by atoms with van der Waals surface area (Å²) in [6.07, 6.45) is 3.08. The van der Waals surface area contributed by atoms with Crippen LogP contribution in [0.15, 0.2) is 54.7 Å². The van der Waals surface area contributed by atoms with E-state index in [9.17, 15) is 4.79 Å². The lowest BCUT2D eigenvalue weighted by Crippen LogP contribution is -2.13. The van der Waals surface area contributed by atoms with E-state index in [1.54, 1.807) is 10.7 Å². The summed E-state index contributed by atoms with van der Waals surface area (Å²) in [5.41, 5.74) is 4.28. The van der Waals surface area contributed by atoms with Crippen LogP contribution in [-0.2, 0) is 0 Å². The second kappa shape index (κ2) is 7.32. The van der Waals surface area contributed by atoms with Gasteiger partial charge in [0.15, 0.2) is 0 Å². The Balaban J connectivity index is 1.53. The first-order valence-electron chi connectivity index (χ1n) is 9.18. The highest BCUT2D eigenvalue weighted by Crippen LogP contribution is 2.25. The van der Waals surface area contributed by atoms with Crippen molar-refractivity contribution < 1.29 is 4.79 Å². The van der Waals surface area contributed by atoms with Gasteiger partial charge in [0.2, 0.25) is 0 Å². The molecule has 3 aromatic rings. The number of nitrogens with one attached hydrogen (secondary N) is 1. The molecule has 1 atom stereocenters. The summed E-state index contributed by atoms with van der Waals surface area (Å²) in [7, 11) is 2.13. The number of likely N-dealkylation sites (N-methyl/N-ethyl adjacent to an activating group) is 1. The van der Waals surface area contributed by atoms with Crippen molar-refractivity contribution in [3.63, 3.8) is 0 Å². The van der Waals surface area contributed by atoms with Crippen LogP contribution in [0.5, 0.6) is 0 Å². The van der Waals surface area contributed by atoms with Gasteiger partial charge in [0, 0.05) is 23.7 Å². The van der Waals surface area contributed by atoms with Gasteiger partial charge in [0.25, 0.3) is 5.91 Å². The Hall–Kier alpha value is -2.99. The van der Waals surface area contributed by atoms with Crippen LogP contribution >= 0.6 is 0 Å². The molecule has 1 saturated heterocycles. The van der Waals surface area contributed by atoms with Crippen LogP contribution in [-0.4, -0.2) is 45.9 Å². The van der Waals surface area contributed by atoms with Gasteiger partial charge in [-0.05, 0) is 56.8 Å². The number of benzene rings is 2. The van der Waals surface area contributed by atoms with E-state index in [-0.39, 0.29) is 5.91 Å². The Labute approximate surface area is 158 Å². The zero-order chi connectivity index (χ0) is 18.8. The number of rotatable bonds is 4. The maximum atomic E-state index is 12.6. The molecule has 0 spiro atoms. The van der Waals surface area contributed by atoms with Gasteiger partial charge in [-0.1, -0.05) is 29.5 Å². The number of aryl methyl sites for hydroxylation is 1. The first kappa shape index (κ1) is 17.4. The molecule has 138 valence electrons. The average molecular weight is 361 g/mol. The van der Waals surface area contributed by atoms with Crippen molar-refractivity contribution in [3.8, 4) is 5.69 Å². The SMILES string of the molecule is Cc1ccccc1NC(=O)c1cccc(-n2cc(C3CCN(C)C3)nn2)c1. The number of carbonyl (C=O) groups excluding carboxylic acids is 1. The van der Waals surface area contributed by atoms with E-state index in [0.717, 1.165) is 42.1 Å². The fourth-order valence-corrected chi connectivity index (χ4v) is 3.46. The van der Waals surface area contributed by atoms with E-state index < -0.39 is 0 Å². The topological polar surface area (TPSA) is 63.1 Å². The highest BCUT2D eigenvalue weighted by atomic mass is 16.1. The molecule has 1 unspecified atom stereocenters. The van der Waals surface area contributed by atoms with Gasteiger partial charge in [0.1, 0.15) is 0 Å². The standard InChI is InChI=1S/C21H23N5O/c1-15-6-3-4-9-19(15)22-21(27)16-7-5-8-18(12-16)26-14-20(23-24-26)17-10-11-25(2)13-17/h3-9,12,14,17H,10-11,13H2,1-2H3,(H,22,27). The number of anilines is 1. The number of amides is 1. The van der Waals surface area contributed by atoms with Crippen LogP contribution < -0.4 is 5.32 Å². The molecule has 0 aliphatic carbocycles. The van der Waals surface area contributed by atoms with Crippen LogP contribution in [0.25, 0.3) is 5.69 Å². The average Bonchev–Trinajstić information content (AvgIpc) is 3.33. The summed E-state index contributed by atoms with van der Waals surface area (Å²) in [6, 6.07) is 15.2. The molecule has 27 heavy (non-hydrogen) atoms. The smallest absolute Gasteiger partial charge is 0.255 e. The van der Waals surface area contributed by atoms with Gasteiger partial charge in [-0.3, -0.25) is 4.79 Å². The summed E-state index contributed by atoms with van der Waals surface area (Å²) in [4.78, 5) is 14.9. The molecule has 1 aromatic heterocycles. The summed E-state index contributed by atoms with van der Waals surface area (Å²) >= 11 is 0. The predicted octanol–water partition coefficient (Wildman–Crippen LogP) is 3.25. The Morgan fingerprint density at radius 1 is 1.19 bits per heavy atom. The molecule has 1 amide bonds. The number of likely N-dealkylation sites (tertiary alicyclic amines) is 1. The van der Waals surface area contributed by atoms with Gasteiger partial charge in [0.05, 0.1) is 17.6 Å². The quantitative estimate of drug-likeness (QED) is 0.775. The molecule has 0 radical (unpaired) electrons. The molecule has 2 heterocycles. The summed E-state index contributed by atoms with van der Waals surface area (Å²) in [5, 5.41) is 11.6. The van der Waals surface area contributed by atoms with Crippen LogP contribution in [0.4, 0.5) is 5.69 Å². The second-order valence-corrected chi connectivity index (χ2v) is 7.16. The molecule has 6 heteroatoms. The van der Waals surface area contributed by atoms with Crippen molar-refractivity contribution in [2.24, 2.45) is 0 Å². The molecule has 1 aliphatic heterocycles. The lowest BCUT2D eigenvalue weighted by Gasteiger charge is -2.09. The molecular weight excluding hydrogens is 338 g/mol. The summed E-state index contributed by atoms with van der Waals surface area (Å²) in [6.45, 7) is 4.08. The third-order valence-corrected chi connectivity index (χ3v) is 5.09. The Morgan fingerprint density at radius 2 is 2.04 bits per heavy atom. The largest absolute Gasteiger partial charge is 0.322 e. The fourth-order valence-electron chi connectivity index (χ4n) is 3.46. The molecule has 0 saturated carbocycles. The maximum absolute atomic E-state index is 12.6. The van der Waals surface area contributed by atoms with Gasteiger partial charge in [-0.2, -0.15) is 0 Å². The maximum Gasteiger partial charge on any atom is 0.255 e. The number of carbonyl (C=O) groups is 1. The zero-order valence-electron chi connectivity index (χ0n) is 15.6. The van der Waals surface area contributed by atoms with Crippen molar-refractivity contribution in [2.45, 2.75) is 19.3 Å².